The SMILES string of the molecule is COC(=O)CSCC(=O)c1cc(C)sc1C. The molecule has 5 heteroatoms. The van der Waals surface area contributed by atoms with Crippen LogP contribution in [0.4, 0.5) is 0 Å². The molecule has 0 N–H and O–H groups in total. The lowest BCUT2D eigenvalue weighted by atomic mass is 10.2. The highest BCUT2D eigenvalue weighted by atomic mass is 32.2. The second kappa shape index (κ2) is 6.06. The third-order valence-corrected chi connectivity index (χ3v) is 3.89. The third kappa shape index (κ3) is 3.64. The first-order valence-electron chi connectivity index (χ1n) is 4.79. The van der Waals surface area contributed by atoms with E-state index in [-0.39, 0.29) is 17.5 Å². The monoisotopic (exact) mass is 258 g/mol. The molecule has 0 fully saturated rings. The van der Waals surface area contributed by atoms with E-state index < -0.39 is 0 Å². The Bertz CT molecular complexity index is 396. The van der Waals surface area contributed by atoms with Crippen molar-refractivity contribution in [2.45, 2.75) is 13.8 Å². The molecular weight excluding hydrogens is 244 g/mol. The highest BCUT2D eigenvalue weighted by Gasteiger charge is 2.12. The van der Waals surface area contributed by atoms with Gasteiger partial charge in [0, 0.05) is 15.3 Å². The van der Waals surface area contributed by atoms with Gasteiger partial charge in [-0.25, -0.2) is 0 Å². The standard InChI is InChI=1S/C11H14O3S2/c1-7-4-9(8(2)16-7)10(12)5-15-6-11(13)14-3/h4H,5-6H2,1-3H3. The van der Waals surface area contributed by atoms with Crippen molar-refractivity contribution < 1.29 is 14.3 Å². The average molecular weight is 258 g/mol. The molecule has 0 aliphatic heterocycles. The highest BCUT2D eigenvalue weighted by Crippen LogP contribution is 2.22. The van der Waals surface area contributed by atoms with Gasteiger partial charge in [-0.05, 0) is 19.9 Å². The normalized spacial score (nSPS) is 10.2. The first kappa shape index (κ1) is 13.3. The van der Waals surface area contributed by atoms with E-state index in [1.165, 1.54) is 18.9 Å². The van der Waals surface area contributed by atoms with Gasteiger partial charge in [-0.1, -0.05) is 0 Å². The predicted octanol–water partition coefficient (Wildman–Crippen LogP) is 2.45. The molecule has 0 radical (unpaired) electrons. The summed E-state index contributed by atoms with van der Waals surface area (Å²) in [6, 6.07) is 1.90. The van der Waals surface area contributed by atoms with Gasteiger partial charge in [0.2, 0.25) is 0 Å². The molecule has 0 bridgehead atoms. The van der Waals surface area contributed by atoms with Crippen molar-refractivity contribution >= 4 is 34.9 Å². The van der Waals surface area contributed by atoms with Gasteiger partial charge in [0.15, 0.2) is 5.78 Å². The van der Waals surface area contributed by atoms with Crippen LogP contribution in [-0.2, 0) is 9.53 Å². The molecule has 1 rings (SSSR count). The van der Waals surface area contributed by atoms with Crippen LogP contribution in [0.3, 0.4) is 0 Å². The molecule has 0 spiro atoms. The molecule has 0 aliphatic rings. The fraction of sp³-hybridized carbons (Fsp3) is 0.455. The largest absolute Gasteiger partial charge is 0.468 e. The summed E-state index contributed by atoms with van der Waals surface area (Å²) in [5, 5.41) is 0. The Balaban J connectivity index is 2.47. The van der Waals surface area contributed by atoms with Crippen molar-refractivity contribution in [2.75, 3.05) is 18.6 Å². The minimum absolute atomic E-state index is 0.0794. The van der Waals surface area contributed by atoms with E-state index in [4.69, 9.17) is 0 Å². The Hall–Kier alpha value is -0.810. The zero-order valence-electron chi connectivity index (χ0n) is 9.53. The van der Waals surface area contributed by atoms with E-state index in [0.717, 1.165) is 15.3 Å². The van der Waals surface area contributed by atoms with Crippen LogP contribution in [0, 0.1) is 13.8 Å². The molecular formula is C11H14O3S2. The van der Waals surface area contributed by atoms with Crippen molar-refractivity contribution in [3.8, 4) is 0 Å². The number of hydrogen-bond acceptors (Lipinski definition) is 5. The second-order valence-electron chi connectivity index (χ2n) is 3.32. The summed E-state index contributed by atoms with van der Waals surface area (Å²) >= 11 is 2.91. The zero-order chi connectivity index (χ0) is 12.1. The lowest BCUT2D eigenvalue weighted by Crippen LogP contribution is -2.08. The molecule has 1 aromatic rings. The smallest absolute Gasteiger partial charge is 0.315 e. The number of aryl methyl sites for hydroxylation is 2. The maximum absolute atomic E-state index is 11.8. The maximum atomic E-state index is 11.8. The number of thioether (sulfide) groups is 1. The van der Waals surface area contributed by atoms with Crippen LogP contribution < -0.4 is 0 Å². The van der Waals surface area contributed by atoms with Crippen LogP contribution in [0.5, 0.6) is 0 Å². The molecule has 1 heterocycles. The summed E-state index contributed by atoms with van der Waals surface area (Å²) in [7, 11) is 1.34. The fourth-order valence-electron chi connectivity index (χ4n) is 1.27. The molecule has 88 valence electrons. The topological polar surface area (TPSA) is 43.4 Å². The fourth-order valence-corrected chi connectivity index (χ4v) is 2.94. The molecule has 0 unspecified atom stereocenters. The summed E-state index contributed by atoms with van der Waals surface area (Å²) in [6.45, 7) is 3.92. The first-order valence-corrected chi connectivity index (χ1v) is 6.76. The third-order valence-electron chi connectivity index (χ3n) is 2.02. The molecule has 0 saturated carbocycles. The Morgan fingerprint density at radius 3 is 2.56 bits per heavy atom. The van der Waals surface area contributed by atoms with Crippen molar-refractivity contribution in [1.29, 1.82) is 0 Å². The molecule has 0 saturated heterocycles. The number of thiophene rings is 1. The summed E-state index contributed by atoms with van der Waals surface area (Å²) in [5.41, 5.74) is 0.778. The van der Waals surface area contributed by atoms with Crippen LogP contribution in [0.25, 0.3) is 0 Å². The molecule has 0 aromatic carbocycles. The van der Waals surface area contributed by atoms with E-state index in [1.54, 1.807) is 11.3 Å². The number of methoxy groups -OCH3 is 1. The minimum Gasteiger partial charge on any atom is -0.468 e. The predicted molar refractivity (Wildman–Crippen MR) is 67.5 cm³/mol. The summed E-state index contributed by atoms with van der Waals surface area (Å²) in [4.78, 5) is 24.8. The number of esters is 1. The molecule has 3 nitrogen and oxygen atoms in total. The van der Waals surface area contributed by atoms with Gasteiger partial charge in [0.25, 0.3) is 0 Å². The van der Waals surface area contributed by atoms with Crippen LogP contribution in [0.15, 0.2) is 6.07 Å². The van der Waals surface area contributed by atoms with E-state index >= 15 is 0 Å². The number of ether oxygens (including phenoxy) is 1. The van der Waals surface area contributed by atoms with E-state index in [0.29, 0.717) is 5.75 Å². The first-order chi connectivity index (χ1) is 7.54. The lowest BCUT2D eigenvalue weighted by Gasteiger charge is -2.00. The maximum Gasteiger partial charge on any atom is 0.315 e. The van der Waals surface area contributed by atoms with Gasteiger partial charge < -0.3 is 4.74 Å². The van der Waals surface area contributed by atoms with Crippen molar-refractivity contribution in [1.82, 2.24) is 0 Å². The summed E-state index contributed by atoms with van der Waals surface area (Å²) < 4.78 is 4.50. The van der Waals surface area contributed by atoms with Crippen LogP contribution in [0.2, 0.25) is 0 Å². The van der Waals surface area contributed by atoms with Gasteiger partial charge in [0.1, 0.15) is 0 Å². The van der Waals surface area contributed by atoms with Crippen molar-refractivity contribution in [3.63, 3.8) is 0 Å². The Morgan fingerprint density at radius 1 is 1.38 bits per heavy atom. The van der Waals surface area contributed by atoms with E-state index in [9.17, 15) is 9.59 Å². The summed E-state index contributed by atoms with van der Waals surface area (Å²) in [6.07, 6.45) is 0. The van der Waals surface area contributed by atoms with Crippen LogP contribution >= 0.6 is 23.1 Å². The van der Waals surface area contributed by atoms with Gasteiger partial charge in [-0.2, -0.15) is 0 Å². The number of carbonyl (C=O) groups is 2. The highest BCUT2D eigenvalue weighted by molar-refractivity contribution is 8.00. The number of ketones is 1. The zero-order valence-corrected chi connectivity index (χ0v) is 11.2. The Morgan fingerprint density at radius 2 is 2.06 bits per heavy atom. The Labute approximate surface area is 103 Å². The average Bonchev–Trinajstić information content (AvgIpc) is 2.57. The quantitative estimate of drug-likeness (QED) is 0.601. The van der Waals surface area contributed by atoms with E-state index in [1.807, 2.05) is 19.9 Å². The minimum atomic E-state index is -0.295. The van der Waals surface area contributed by atoms with Gasteiger partial charge in [-0.3, -0.25) is 9.59 Å². The van der Waals surface area contributed by atoms with Crippen LogP contribution in [0.1, 0.15) is 20.1 Å². The number of carbonyl (C=O) groups excluding carboxylic acids is 2. The summed E-state index contributed by atoms with van der Waals surface area (Å²) in [5.74, 6) is 0.336. The Kier molecular flexibility index (Phi) is 5.02. The van der Waals surface area contributed by atoms with Gasteiger partial charge in [0.05, 0.1) is 18.6 Å². The van der Waals surface area contributed by atoms with Crippen LogP contribution in [-0.4, -0.2) is 30.4 Å². The van der Waals surface area contributed by atoms with E-state index in [2.05, 4.69) is 4.74 Å². The van der Waals surface area contributed by atoms with Gasteiger partial charge in [-0.15, -0.1) is 23.1 Å². The molecule has 0 amide bonds. The lowest BCUT2D eigenvalue weighted by molar-refractivity contribution is -0.137. The number of Topliss-reactive ketones (excluding diaryl/α,β-unsaturated/α-hetero) is 1. The molecule has 0 atom stereocenters. The van der Waals surface area contributed by atoms with Crippen molar-refractivity contribution in [3.05, 3.63) is 21.4 Å². The molecule has 1 aromatic heterocycles. The molecule has 0 aliphatic carbocycles. The van der Waals surface area contributed by atoms with Crippen molar-refractivity contribution in [2.24, 2.45) is 0 Å². The second-order valence-corrected chi connectivity index (χ2v) is 5.77. The number of rotatable bonds is 5. The molecule has 16 heavy (non-hydrogen) atoms. The van der Waals surface area contributed by atoms with Gasteiger partial charge >= 0.3 is 5.97 Å². The number of hydrogen-bond donors (Lipinski definition) is 0.